The van der Waals surface area contributed by atoms with Gasteiger partial charge in [0.2, 0.25) is 0 Å². The van der Waals surface area contributed by atoms with Crippen LogP contribution in [0.4, 0.5) is 0 Å². The third kappa shape index (κ3) is 7.98. The van der Waals surface area contributed by atoms with Crippen molar-refractivity contribution >= 4 is 29.7 Å². The van der Waals surface area contributed by atoms with E-state index in [1.54, 1.807) is 0 Å². The predicted molar refractivity (Wildman–Crippen MR) is 224 cm³/mol. The second-order valence-corrected chi connectivity index (χ2v) is 16.9. The van der Waals surface area contributed by atoms with Crippen molar-refractivity contribution in [2.24, 2.45) is 29.6 Å². The van der Waals surface area contributed by atoms with Crippen molar-refractivity contribution in [2.75, 3.05) is 13.7 Å². The number of methoxy groups -OCH3 is 1. The van der Waals surface area contributed by atoms with Gasteiger partial charge in [0.25, 0.3) is 0 Å². The maximum atomic E-state index is 13.6. The second kappa shape index (κ2) is 17.5. The first-order valence-corrected chi connectivity index (χ1v) is 21.2. The minimum atomic E-state index is -1.07. The molecule has 9 heteroatoms. The molecule has 5 heterocycles. The van der Waals surface area contributed by atoms with Crippen LogP contribution in [0.1, 0.15) is 140 Å². The number of fused-ring (bicyclic) bond motifs is 8. The Balaban J connectivity index is 1.39. The van der Waals surface area contributed by atoms with E-state index in [4.69, 9.17) is 9.47 Å². The molecule has 304 valence electrons. The summed E-state index contributed by atoms with van der Waals surface area (Å²) in [6.45, 7) is 20.0. The molecule has 6 rings (SSSR count). The Morgan fingerprint density at radius 3 is 2.45 bits per heavy atom. The number of allylic oxidation sites excluding steroid dienone is 4. The van der Waals surface area contributed by atoms with Gasteiger partial charge in [-0.1, -0.05) is 59.5 Å². The molecule has 0 radical (unpaired) electrons. The van der Waals surface area contributed by atoms with E-state index in [9.17, 15) is 14.7 Å². The molecule has 2 aromatic heterocycles. The van der Waals surface area contributed by atoms with E-state index in [2.05, 4.69) is 94.2 Å². The summed E-state index contributed by atoms with van der Waals surface area (Å²) >= 11 is 0. The van der Waals surface area contributed by atoms with Gasteiger partial charge in [-0.15, -0.1) is 0 Å². The molecule has 3 aliphatic heterocycles. The van der Waals surface area contributed by atoms with Gasteiger partial charge < -0.3 is 35.2 Å². The van der Waals surface area contributed by atoms with Crippen LogP contribution in [0.3, 0.4) is 0 Å². The minimum absolute atomic E-state index is 0.0184. The van der Waals surface area contributed by atoms with Crippen LogP contribution < -0.4 is 21.3 Å². The molecule has 1 unspecified atom stereocenters. The summed E-state index contributed by atoms with van der Waals surface area (Å²) in [5.41, 5.74) is 12.8. The second-order valence-electron chi connectivity index (χ2n) is 16.9. The van der Waals surface area contributed by atoms with Gasteiger partial charge in [-0.3, -0.25) is 9.59 Å². The van der Waals surface area contributed by atoms with E-state index in [1.165, 1.54) is 54.3 Å². The number of hydrogen-bond acceptors (Lipinski definition) is 7. The van der Waals surface area contributed by atoms with Crippen molar-refractivity contribution in [1.29, 1.82) is 0 Å². The maximum absolute atomic E-state index is 13.6. The normalized spacial score (nSPS) is 27.2. The monoisotopic (exact) mass is 767 g/mol. The lowest BCUT2D eigenvalue weighted by atomic mass is 9.80. The van der Waals surface area contributed by atoms with Gasteiger partial charge in [0, 0.05) is 63.0 Å². The largest absolute Gasteiger partial charge is 0.468 e. The number of H-pyrrole nitrogens is 2. The molecule has 7 atom stereocenters. The van der Waals surface area contributed by atoms with Crippen molar-refractivity contribution in [2.45, 2.75) is 132 Å². The standard InChI is InChI=1S/C47H66N4O5/c1-11-15-25(4)16-14-17-26(5)20-21-56-40(52)19-18-33-29(8)36-22-34-27(6)31(12-2)38(48-34)23-35-28(7)32(13-3)39(49-35)24-37-30(9)41-45(51-37)42(44(33)50-36)43(46(41)53)47(54)55-10/h20,22-25,29,31,33,43-44,46,48-51,53H,11-19,21H2,1-10H3/b26-20-,36-22-,37-24-,38-23-/t25-,29-,31+,33-,43+,44?,46+/m0/s1. The van der Waals surface area contributed by atoms with E-state index in [-0.39, 0.29) is 42.8 Å². The molecule has 2 aromatic rings. The Hall–Kier alpha value is -4.24. The number of esters is 2. The highest BCUT2D eigenvalue weighted by Gasteiger charge is 2.49. The molecule has 0 aromatic carbocycles. The molecule has 0 saturated carbocycles. The molecule has 56 heavy (non-hydrogen) atoms. The molecule has 8 bridgehead atoms. The highest BCUT2D eigenvalue weighted by molar-refractivity contribution is 5.88. The Labute approximate surface area is 333 Å². The highest BCUT2D eigenvalue weighted by atomic mass is 16.5. The number of aromatic nitrogens is 2. The molecule has 0 spiro atoms. The van der Waals surface area contributed by atoms with Gasteiger partial charge in [-0.05, 0) is 124 Å². The first-order chi connectivity index (χ1) is 26.8. The SMILES string of the molecule is CCC[C@H](C)CCC/C(C)=C\COC(=O)CC[C@@H]1C2N/C(=C\C3=C(C)[C@@H](CC)/C(=C/c4[nH]c(c(CC)c4C)/C=c4\[nH]c5c(c4C)[C@@H](O)[C@H](C(=O)OC)C=52)N3)[C@H]1C. The van der Waals surface area contributed by atoms with Crippen LogP contribution >= 0.6 is 0 Å². The summed E-state index contributed by atoms with van der Waals surface area (Å²) < 4.78 is 11.1. The number of aliphatic hydroxyl groups is 1. The lowest BCUT2D eigenvalue weighted by molar-refractivity contribution is -0.147. The van der Waals surface area contributed by atoms with Crippen molar-refractivity contribution in [3.05, 3.63) is 84.7 Å². The predicted octanol–water partition coefficient (Wildman–Crippen LogP) is 7.58. The number of rotatable bonds is 14. The molecule has 1 fully saturated rings. The zero-order valence-corrected chi connectivity index (χ0v) is 35.5. The van der Waals surface area contributed by atoms with Gasteiger partial charge in [0.1, 0.15) is 12.5 Å². The topological polar surface area (TPSA) is 128 Å². The maximum Gasteiger partial charge on any atom is 0.315 e. The van der Waals surface area contributed by atoms with Crippen molar-refractivity contribution in [3.63, 3.8) is 0 Å². The van der Waals surface area contributed by atoms with Crippen molar-refractivity contribution in [1.82, 2.24) is 20.6 Å². The summed E-state index contributed by atoms with van der Waals surface area (Å²) in [5.74, 6) is -0.653. The van der Waals surface area contributed by atoms with Crippen LogP contribution in [0.15, 0.2) is 40.4 Å². The van der Waals surface area contributed by atoms with Gasteiger partial charge in [-0.2, -0.15) is 0 Å². The highest BCUT2D eigenvalue weighted by Crippen LogP contribution is 2.45. The zero-order chi connectivity index (χ0) is 40.4. The van der Waals surface area contributed by atoms with Crippen LogP contribution in [-0.4, -0.2) is 46.8 Å². The average Bonchev–Trinajstić information content (AvgIpc) is 3.91. The molecular weight excluding hydrogens is 701 g/mol. The van der Waals surface area contributed by atoms with Crippen LogP contribution in [0.2, 0.25) is 0 Å². The Morgan fingerprint density at radius 2 is 1.75 bits per heavy atom. The fourth-order valence-corrected chi connectivity index (χ4v) is 9.96. The number of ether oxygens (including phenoxy) is 2. The molecule has 1 saturated heterocycles. The fourth-order valence-electron chi connectivity index (χ4n) is 9.96. The van der Waals surface area contributed by atoms with Crippen LogP contribution in [0.5, 0.6) is 0 Å². The first-order valence-electron chi connectivity index (χ1n) is 21.2. The Bertz CT molecular complexity index is 2070. The number of aromatic amines is 2. The van der Waals surface area contributed by atoms with E-state index in [1.807, 2.05) is 13.0 Å². The molecular formula is C47H66N4O5. The Kier molecular flexibility index (Phi) is 12.9. The van der Waals surface area contributed by atoms with Gasteiger partial charge in [0.05, 0.1) is 19.3 Å². The van der Waals surface area contributed by atoms with Crippen LogP contribution in [-0.2, 0) is 25.5 Å². The van der Waals surface area contributed by atoms with Gasteiger partial charge in [-0.25, -0.2) is 0 Å². The number of carbonyl (C=O) groups is 2. The van der Waals surface area contributed by atoms with Gasteiger partial charge in [0.15, 0.2) is 0 Å². The summed E-state index contributed by atoms with van der Waals surface area (Å²) in [6, 6.07) is -0.343. The van der Waals surface area contributed by atoms with Crippen molar-refractivity contribution in [3.8, 4) is 0 Å². The summed E-state index contributed by atoms with van der Waals surface area (Å²) in [7, 11) is 1.38. The first kappa shape index (κ1) is 41.4. The van der Waals surface area contributed by atoms with Crippen molar-refractivity contribution < 1.29 is 24.2 Å². The average molecular weight is 767 g/mol. The van der Waals surface area contributed by atoms with Gasteiger partial charge >= 0.3 is 11.9 Å². The van der Waals surface area contributed by atoms with E-state index in [0.29, 0.717) is 6.42 Å². The lowest BCUT2D eigenvalue weighted by Gasteiger charge is -2.27. The summed E-state index contributed by atoms with van der Waals surface area (Å²) in [4.78, 5) is 34.3. The minimum Gasteiger partial charge on any atom is -0.468 e. The Morgan fingerprint density at radius 1 is 0.982 bits per heavy atom. The van der Waals surface area contributed by atoms with E-state index in [0.717, 1.165) is 81.8 Å². The summed E-state index contributed by atoms with van der Waals surface area (Å²) in [5, 5.41) is 21.3. The molecule has 1 aliphatic carbocycles. The van der Waals surface area contributed by atoms with Crippen LogP contribution in [0.25, 0.3) is 17.7 Å². The third-order valence-corrected chi connectivity index (χ3v) is 13.4. The third-order valence-electron chi connectivity index (χ3n) is 13.4. The number of carbonyl (C=O) groups excluding carboxylic acids is 2. The zero-order valence-electron chi connectivity index (χ0n) is 35.5. The molecule has 5 N–H and O–H groups in total. The summed E-state index contributed by atoms with van der Waals surface area (Å²) in [6.07, 6.45) is 16.1. The van der Waals surface area contributed by atoms with E-state index < -0.39 is 18.0 Å². The van der Waals surface area contributed by atoms with E-state index >= 15 is 0 Å². The molecule has 9 nitrogen and oxygen atoms in total. The molecule has 0 amide bonds. The van der Waals surface area contributed by atoms with Crippen LogP contribution in [0, 0.1) is 43.4 Å². The smallest absolute Gasteiger partial charge is 0.315 e. The quantitative estimate of drug-likeness (QED) is 0.0991. The number of hydrogen-bond donors (Lipinski definition) is 5. The number of aliphatic hydroxyl groups excluding tert-OH is 1. The molecule has 4 aliphatic rings. The lowest BCUT2D eigenvalue weighted by Crippen LogP contribution is -2.37. The fraction of sp³-hybridized carbons (Fsp3) is 0.574. The number of nitrogens with one attached hydrogen (secondary N) is 4.